The number of hydrogen-bond acceptors (Lipinski definition) is 3. The van der Waals surface area contributed by atoms with Gasteiger partial charge in [-0.3, -0.25) is 5.10 Å². The summed E-state index contributed by atoms with van der Waals surface area (Å²) in [6.45, 7) is 2.90. The van der Waals surface area contributed by atoms with Gasteiger partial charge < -0.3 is 5.32 Å². The molecule has 1 atom stereocenters. The van der Waals surface area contributed by atoms with Gasteiger partial charge in [0.25, 0.3) is 0 Å². The molecule has 0 saturated carbocycles. The average Bonchev–Trinajstić information content (AvgIpc) is 2.85. The Hall–Kier alpha value is -1.10. The first-order valence-electron chi connectivity index (χ1n) is 5.69. The summed E-state index contributed by atoms with van der Waals surface area (Å²) < 4.78 is 0. The Morgan fingerprint density at radius 3 is 2.83 bits per heavy atom. The van der Waals surface area contributed by atoms with Crippen LogP contribution in [0, 0.1) is 0 Å². The Morgan fingerprint density at radius 1 is 1.33 bits per heavy atom. The van der Waals surface area contributed by atoms with Gasteiger partial charge >= 0.3 is 0 Å². The molecule has 1 aromatic carbocycles. The molecule has 2 rings (SSSR count). The quantitative estimate of drug-likeness (QED) is 0.888. The molecule has 0 aliphatic rings. The van der Waals surface area contributed by atoms with Crippen LogP contribution in [0.5, 0.6) is 0 Å². The van der Waals surface area contributed by atoms with Gasteiger partial charge in [0.15, 0.2) is 0 Å². The van der Waals surface area contributed by atoms with E-state index in [-0.39, 0.29) is 6.04 Å². The topological polar surface area (TPSA) is 53.6 Å². The molecule has 1 aromatic heterocycles. The average molecular weight is 285 g/mol. The monoisotopic (exact) mass is 284 g/mol. The molecule has 1 unspecified atom stereocenters. The molecule has 6 heteroatoms. The predicted molar refractivity (Wildman–Crippen MR) is 73.0 cm³/mol. The van der Waals surface area contributed by atoms with E-state index in [4.69, 9.17) is 23.2 Å². The maximum absolute atomic E-state index is 5.99. The predicted octanol–water partition coefficient (Wildman–Crippen LogP) is 3.00. The van der Waals surface area contributed by atoms with Gasteiger partial charge in [0, 0.05) is 19.0 Å². The normalized spacial score (nSPS) is 12.6. The number of hydrogen-bond donors (Lipinski definition) is 2. The van der Waals surface area contributed by atoms with Crippen molar-refractivity contribution in [2.45, 2.75) is 19.4 Å². The van der Waals surface area contributed by atoms with Crippen LogP contribution in [0.15, 0.2) is 24.5 Å². The minimum atomic E-state index is 0.211. The fourth-order valence-corrected chi connectivity index (χ4v) is 1.96. The molecule has 4 nitrogen and oxygen atoms in total. The van der Waals surface area contributed by atoms with E-state index in [0.717, 1.165) is 24.4 Å². The molecule has 18 heavy (non-hydrogen) atoms. The highest BCUT2D eigenvalue weighted by atomic mass is 35.5. The molecule has 0 spiro atoms. The third-order valence-electron chi connectivity index (χ3n) is 2.72. The van der Waals surface area contributed by atoms with Gasteiger partial charge in [0.05, 0.1) is 10.0 Å². The Labute approximate surface area is 116 Å². The summed E-state index contributed by atoms with van der Waals surface area (Å²) in [5.41, 5.74) is 1.11. The van der Waals surface area contributed by atoms with Crippen LogP contribution in [0.2, 0.25) is 10.0 Å². The number of halogens is 2. The summed E-state index contributed by atoms with van der Waals surface area (Å²) in [5, 5.41) is 11.2. The number of aromatic nitrogens is 3. The number of nitrogens with one attached hydrogen (secondary N) is 2. The summed E-state index contributed by atoms with van der Waals surface area (Å²) in [7, 11) is 0. The van der Waals surface area contributed by atoms with Crippen molar-refractivity contribution in [3.63, 3.8) is 0 Å². The first-order chi connectivity index (χ1) is 8.66. The maximum Gasteiger partial charge on any atom is 0.137 e. The molecule has 1 heterocycles. The first-order valence-corrected chi connectivity index (χ1v) is 6.45. The third-order valence-corrected chi connectivity index (χ3v) is 3.46. The Kier molecular flexibility index (Phi) is 4.58. The standard InChI is InChI=1S/C12H14Cl2N4/c1-8(9-2-3-10(13)11(14)6-9)15-5-4-12-16-7-17-18-12/h2-3,6-8,15H,4-5H2,1H3,(H,16,17,18). The Morgan fingerprint density at radius 2 is 2.17 bits per heavy atom. The number of benzene rings is 1. The highest BCUT2D eigenvalue weighted by Gasteiger charge is 2.07. The second-order valence-corrected chi connectivity index (χ2v) is 4.85. The van der Waals surface area contributed by atoms with Gasteiger partial charge in [0.1, 0.15) is 12.2 Å². The fourth-order valence-electron chi connectivity index (χ4n) is 1.66. The van der Waals surface area contributed by atoms with Gasteiger partial charge in [-0.2, -0.15) is 5.10 Å². The van der Waals surface area contributed by atoms with Crippen molar-refractivity contribution in [2.75, 3.05) is 6.54 Å². The SMILES string of the molecule is CC(NCCc1ncn[nH]1)c1ccc(Cl)c(Cl)c1. The highest BCUT2D eigenvalue weighted by Crippen LogP contribution is 2.25. The summed E-state index contributed by atoms with van der Waals surface area (Å²) in [5.74, 6) is 0.879. The molecular formula is C12H14Cl2N4. The van der Waals surface area contributed by atoms with Crippen LogP contribution in [-0.4, -0.2) is 21.7 Å². The van der Waals surface area contributed by atoms with Gasteiger partial charge in [-0.05, 0) is 24.6 Å². The van der Waals surface area contributed by atoms with E-state index in [1.54, 1.807) is 0 Å². The van der Waals surface area contributed by atoms with Crippen molar-refractivity contribution in [1.82, 2.24) is 20.5 Å². The zero-order valence-corrected chi connectivity index (χ0v) is 11.5. The molecule has 2 aromatic rings. The van der Waals surface area contributed by atoms with Gasteiger partial charge in [-0.1, -0.05) is 29.3 Å². The van der Waals surface area contributed by atoms with Crippen LogP contribution in [0.3, 0.4) is 0 Å². The summed E-state index contributed by atoms with van der Waals surface area (Å²) in [4.78, 5) is 4.07. The maximum atomic E-state index is 5.99. The molecule has 0 radical (unpaired) electrons. The van der Waals surface area contributed by atoms with E-state index >= 15 is 0 Å². The van der Waals surface area contributed by atoms with Gasteiger partial charge in [-0.15, -0.1) is 0 Å². The zero-order chi connectivity index (χ0) is 13.0. The van der Waals surface area contributed by atoms with Crippen molar-refractivity contribution >= 4 is 23.2 Å². The number of H-pyrrole nitrogens is 1. The minimum Gasteiger partial charge on any atom is -0.310 e. The van der Waals surface area contributed by atoms with E-state index in [2.05, 4.69) is 27.4 Å². The van der Waals surface area contributed by atoms with Crippen LogP contribution in [0.1, 0.15) is 24.4 Å². The molecule has 0 bridgehead atoms. The lowest BCUT2D eigenvalue weighted by Crippen LogP contribution is -2.21. The van der Waals surface area contributed by atoms with Crippen LogP contribution >= 0.6 is 23.2 Å². The smallest absolute Gasteiger partial charge is 0.137 e. The van der Waals surface area contributed by atoms with E-state index in [9.17, 15) is 0 Å². The van der Waals surface area contributed by atoms with E-state index in [1.165, 1.54) is 6.33 Å². The lowest BCUT2D eigenvalue weighted by Gasteiger charge is -2.14. The molecule has 2 N–H and O–H groups in total. The van der Waals surface area contributed by atoms with Crippen LogP contribution in [-0.2, 0) is 6.42 Å². The van der Waals surface area contributed by atoms with E-state index < -0.39 is 0 Å². The summed E-state index contributed by atoms with van der Waals surface area (Å²) >= 11 is 11.9. The van der Waals surface area contributed by atoms with Crippen molar-refractivity contribution < 1.29 is 0 Å². The zero-order valence-electron chi connectivity index (χ0n) is 9.95. The minimum absolute atomic E-state index is 0.211. The largest absolute Gasteiger partial charge is 0.310 e. The Balaban J connectivity index is 1.87. The molecular weight excluding hydrogens is 271 g/mol. The molecule has 96 valence electrons. The lowest BCUT2D eigenvalue weighted by molar-refractivity contribution is 0.570. The van der Waals surface area contributed by atoms with Crippen LogP contribution in [0.4, 0.5) is 0 Å². The van der Waals surface area contributed by atoms with E-state index in [1.807, 2.05) is 18.2 Å². The summed E-state index contributed by atoms with van der Waals surface area (Å²) in [6.07, 6.45) is 2.32. The second-order valence-electron chi connectivity index (χ2n) is 4.03. The van der Waals surface area contributed by atoms with Crippen LogP contribution in [0.25, 0.3) is 0 Å². The number of nitrogens with zero attached hydrogens (tertiary/aromatic N) is 2. The number of rotatable bonds is 5. The first kappa shape index (κ1) is 13.3. The number of aromatic amines is 1. The molecule has 0 saturated heterocycles. The van der Waals surface area contributed by atoms with Crippen molar-refractivity contribution in [3.8, 4) is 0 Å². The second kappa shape index (κ2) is 6.18. The van der Waals surface area contributed by atoms with Crippen molar-refractivity contribution in [2.24, 2.45) is 0 Å². The molecule has 0 amide bonds. The highest BCUT2D eigenvalue weighted by molar-refractivity contribution is 6.42. The van der Waals surface area contributed by atoms with Crippen molar-refractivity contribution in [1.29, 1.82) is 0 Å². The van der Waals surface area contributed by atoms with Crippen molar-refractivity contribution in [3.05, 3.63) is 46.0 Å². The molecule has 0 aliphatic heterocycles. The fraction of sp³-hybridized carbons (Fsp3) is 0.333. The summed E-state index contributed by atoms with van der Waals surface area (Å²) in [6, 6.07) is 5.88. The van der Waals surface area contributed by atoms with Gasteiger partial charge in [0.2, 0.25) is 0 Å². The van der Waals surface area contributed by atoms with Gasteiger partial charge in [-0.25, -0.2) is 4.98 Å². The van der Waals surface area contributed by atoms with Crippen LogP contribution < -0.4 is 5.32 Å². The van der Waals surface area contributed by atoms with E-state index in [0.29, 0.717) is 10.0 Å². The molecule has 0 fully saturated rings. The molecule has 0 aliphatic carbocycles. The lowest BCUT2D eigenvalue weighted by atomic mass is 10.1. The Bertz CT molecular complexity index is 499. The third kappa shape index (κ3) is 3.45.